The molecule has 2 N–H and O–H groups in total. The van der Waals surface area contributed by atoms with E-state index in [0.717, 1.165) is 0 Å². The third-order valence-electron chi connectivity index (χ3n) is 4.19. The minimum absolute atomic E-state index is 0.0648. The molecule has 0 radical (unpaired) electrons. The van der Waals surface area contributed by atoms with Gasteiger partial charge in [-0.25, -0.2) is 0 Å². The summed E-state index contributed by atoms with van der Waals surface area (Å²) in [5.74, 6) is -0.431. The molecule has 3 aromatic carbocycles. The second-order valence-electron chi connectivity index (χ2n) is 5.44. The predicted molar refractivity (Wildman–Crippen MR) is 84.5 cm³/mol. The zero-order valence-electron chi connectivity index (χ0n) is 13.0. The van der Waals surface area contributed by atoms with Crippen LogP contribution in [0, 0.1) is 0 Å². The topological polar surface area (TPSA) is 112 Å². The van der Waals surface area contributed by atoms with Crippen LogP contribution < -0.4 is 24.5 Å². The van der Waals surface area contributed by atoms with Crippen molar-refractivity contribution in [2.24, 2.45) is 0 Å². The van der Waals surface area contributed by atoms with Gasteiger partial charge >= 0.3 is 0 Å². The molecule has 4 rings (SSSR count). The highest BCUT2D eigenvalue weighted by Crippen LogP contribution is 2.48. The molecule has 8 heteroatoms. The fourth-order valence-corrected chi connectivity index (χ4v) is 3.18. The Kier molecular flexibility index (Phi) is 3.31. The molecule has 0 bridgehead atoms. The Morgan fingerprint density at radius 1 is 1.20 bits per heavy atom. The number of fused-ring (bicyclic) bond motifs is 5. The van der Waals surface area contributed by atoms with E-state index in [1.165, 1.54) is 19.2 Å². The van der Waals surface area contributed by atoms with E-state index in [2.05, 4.69) is 0 Å². The number of carboxylic acid groups (broad SMARTS) is 1. The molecule has 3 aromatic rings. The van der Waals surface area contributed by atoms with Crippen LogP contribution in [0.4, 0.5) is 5.69 Å². The predicted octanol–water partition coefficient (Wildman–Crippen LogP) is 1.68. The Morgan fingerprint density at radius 3 is 2.68 bits per heavy atom. The number of rotatable bonds is 3. The molecule has 25 heavy (non-hydrogen) atoms. The van der Waals surface area contributed by atoms with E-state index in [-0.39, 0.29) is 34.4 Å². The number of methoxy groups -OCH3 is 1. The van der Waals surface area contributed by atoms with Crippen molar-refractivity contribution < 1.29 is 34.5 Å². The lowest BCUT2D eigenvalue weighted by Crippen LogP contribution is -2.23. The number of nitrogens with zero attached hydrogens (tertiary/aromatic N) is 1. The minimum atomic E-state index is -1.48. The van der Waals surface area contributed by atoms with E-state index < -0.39 is 5.97 Å². The van der Waals surface area contributed by atoms with Gasteiger partial charge in [-0.15, -0.1) is 5.23 Å². The average molecular weight is 342 g/mol. The molecular weight excluding hydrogens is 330 g/mol. The quantitative estimate of drug-likeness (QED) is 0.546. The summed E-state index contributed by atoms with van der Waals surface area (Å²) in [7, 11) is 1.48. The summed E-state index contributed by atoms with van der Waals surface area (Å²) in [5, 5.41) is 32.4. The Labute approximate surface area is 140 Å². The number of hydrogen-bond acceptors (Lipinski definition) is 8. The van der Waals surface area contributed by atoms with Gasteiger partial charge in [0, 0.05) is 21.7 Å². The van der Waals surface area contributed by atoms with Crippen molar-refractivity contribution in [3.8, 4) is 17.2 Å². The Hall–Kier alpha value is -3.23. The molecule has 8 nitrogen and oxygen atoms in total. The van der Waals surface area contributed by atoms with Gasteiger partial charge in [0.2, 0.25) is 6.79 Å². The van der Waals surface area contributed by atoms with Crippen molar-refractivity contribution >= 4 is 33.2 Å². The van der Waals surface area contributed by atoms with E-state index in [9.17, 15) is 20.3 Å². The van der Waals surface area contributed by atoms with Gasteiger partial charge < -0.3 is 24.1 Å². The number of benzene rings is 3. The molecule has 0 unspecified atom stereocenters. The summed E-state index contributed by atoms with van der Waals surface area (Å²) in [6.07, 6.45) is 0. The second kappa shape index (κ2) is 5.40. The zero-order chi connectivity index (χ0) is 17.7. The molecule has 0 saturated carbocycles. The summed E-state index contributed by atoms with van der Waals surface area (Å²) in [6, 6.07) is 7.87. The molecule has 0 aromatic heterocycles. The molecule has 0 aliphatic carbocycles. The molecular formula is C17H12NO7-. The highest BCUT2D eigenvalue weighted by molar-refractivity contribution is 6.22. The van der Waals surface area contributed by atoms with Crippen LogP contribution in [0.1, 0.15) is 10.4 Å². The molecule has 1 heterocycles. The molecule has 1 aliphatic heterocycles. The lowest BCUT2D eigenvalue weighted by Gasteiger charge is -2.19. The van der Waals surface area contributed by atoms with Gasteiger partial charge in [-0.1, -0.05) is 12.1 Å². The number of carbonyl (C=O) groups excluding carboxylic acids is 1. The van der Waals surface area contributed by atoms with E-state index in [0.29, 0.717) is 27.7 Å². The van der Waals surface area contributed by atoms with Crippen LogP contribution in [-0.4, -0.2) is 30.3 Å². The third-order valence-corrected chi connectivity index (χ3v) is 4.19. The van der Waals surface area contributed by atoms with Gasteiger partial charge in [0.15, 0.2) is 11.5 Å². The van der Waals surface area contributed by atoms with Crippen molar-refractivity contribution in [3.63, 3.8) is 0 Å². The van der Waals surface area contributed by atoms with Crippen molar-refractivity contribution in [3.05, 3.63) is 35.9 Å². The standard InChI is InChI=1S/C17H13NO7/c1-23-12-4-2-3-8-9(12)5-11(18(21)22)14-10(17(19)20)6-13-16(15(8)14)25-7-24-13/h2-6,21-22H,7H2,1H3,(H,19,20)/p-1. The average Bonchev–Trinajstić information content (AvgIpc) is 3.07. The first-order chi connectivity index (χ1) is 12.0. The smallest absolute Gasteiger partial charge is 0.231 e. The number of hydrogen-bond donors (Lipinski definition) is 2. The molecule has 0 saturated heterocycles. The van der Waals surface area contributed by atoms with Crippen LogP contribution in [0.5, 0.6) is 17.2 Å². The maximum atomic E-state index is 11.6. The Morgan fingerprint density at radius 2 is 2.00 bits per heavy atom. The van der Waals surface area contributed by atoms with E-state index in [1.807, 2.05) is 0 Å². The SMILES string of the molecule is COc1cccc2c1cc(N(O)O)c1c(C(=O)[O-])cc3c(c12)OCO3. The van der Waals surface area contributed by atoms with Crippen molar-refractivity contribution in [1.82, 2.24) is 0 Å². The first kappa shape index (κ1) is 15.3. The van der Waals surface area contributed by atoms with E-state index >= 15 is 0 Å². The normalized spacial score (nSPS) is 12.6. The number of aromatic carboxylic acids is 1. The van der Waals surface area contributed by atoms with Gasteiger partial charge in [-0.3, -0.25) is 10.4 Å². The lowest BCUT2D eigenvalue weighted by molar-refractivity contribution is -0.254. The van der Waals surface area contributed by atoms with Crippen molar-refractivity contribution in [2.45, 2.75) is 0 Å². The monoisotopic (exact) mass is 342 g/mol. The Bertz CT molecular complexity index is 1030. The van der Waals surface area contributed by atoms with Gasteiger partial charge in [0.25, 0.3) is 0 Å². The summed E-state index contributed by atoms with van der Waals surface area (Å²) < 4.78 is 16.2. The molecule has 0 atom stereocenters. The fraction of sp³-hybridized carbons (Fsp3) is 0.118. The zero-order valence-corrected chi connectivity index (χ0v) is 13.0. The van der Waals surface area contributed by atoms with Crippen LogP contribution >= 0.6 is 0 Å². The number of anilines is 1. The first-order valence-corrected chi connectivity index (χ1v) is 7.28. The van der Waals surface area contributed by atoms with E-state index in [4.69, 9.17) is 14.2 Å². The van der Waals surface area contributed by atoms with Gasteiger partial charge in [-0.2, -0.15) is 0 Å². The summed E-state index contributed by atoms with van der Waals surface area (Å²) in [6.45, 7) is -0.0708. The van der Waals surface area contributed by atoms with Gasteiger partial charge in [0.1, 0.15) is 11.4 Å². The number of ether oxygens (including phenoxy) is 3. The van der Waals surface area contributed by atoms with Crippen molar-refractivity contribution in [1.29, 1.82) is 0 Å². The highest BCUT2D eigenvalue weighted by Gasteiger charge is 2.26. The molecule has 0 amide bonds. The molecule has 1 aliphatic rings. The first-order valence-electron chi connectivity index (χ1n) is 7.28. The van der Waals surface area contributed by atoms with E-state index in [1.54, 1.807) is 18.2 Å². The van der Waals surface area contributed by atoms with Crippen LogP contribution in [0.15, 0.2) is 30.3 Å². The highest BCUT2D eigenvalue weighted by atomic mass is 16.8. The minimum Gasteiger partial charge on any atom is -0.545 e. The Balaban J connectivity index is 2.31. The van der Waals surface area contributed by atoms with Crippen LogP contribution in [0.3, 0.4) is 0 Å². The molecule has 128 valence electrons. The molecule has 0 spiro atoms. The largest absolute Gasteiger partial charge is 0.545 e. The lowest BCUT2D eigenvalue weighted by atomic mass is 9.95. The van der Waals surface area contributed by atoms with Gasteiger partial charge in [-0.05, 0) is 23.6 Å². The third kappa shape index (κ3) is 2.12. The number of carbonyl (C=O) groups is 1. The maximum absolute atomic E-state index is 11.6. The summed E-state index contributed by atoms with van der Waals surface area (Å²) in [5.41, 5.74) is -0.392. The summed E-state index contributed by atoms with van der Waals surface area (Å²) >= 11 is 0. The van der Waals surface area contributed by atoms with Crippen molar-refractivity contribution in [2.75, 3.05) is 19.1 Å². The fourth-order valence-electron chi connectivity index (χ4n) is 3.18. The number of carboxylic acids is 1. The summed E-state index contributed by atoms with van der Waals surface area (Å²) in [4.78, 5) is 11.6. The van der Waals surface area contributed by atoms with Gasteiger partial charge in [0.05, 0.1) is 13.1 Å². The molecule has 0 fully saturated rings. The maximum Gasteiger partial charge on any atom is 0.231 e. The second-order valence-corrected chi connectivity index (χ2v) is 5.44. The van der Waals surface area contributed by atoms with Crippen LogP contribution in [-0.2, 0) is 0 Å². The van der Waals surface area contributed by atoms with Crippen LogP contribution in [0.25, 0.3) is 21.5 Å². The van der Waals surface area contributed by atoms with Crippen LogP contribution in [0.2, 0.25) is 0 Å².